The summed E-state index contributed by atoms with van der Waals surface area (Å²) >= 11 is 0. The predicted octanol–water partition coefficient (Wildman–Crippen LogP) is -0.272. The molecule has 1 rings (SSSR count). The molecule has 0 aromatic rings. The molecule has 0 saturated heterocycles. The quantitative estimate of drug-likeness (QED) is 0.427. The van der Waals surface area contributed by atoms with Crippen LogP contribution in [0.4, 0.5) is 0 Å². The molecule has 0 bridgehead atoms. The Balaban J connectivity index is 0.000000252. The number of nitrogens with two attached hydrogens (primary N) is 1. The van der Waals surface area contributed by atoms with E-state index in [1.807, 2.05) is 0 Å². The fraction of sp³-hybridized carbons (Fsp3) is 1.00. The molecule has 0 aromatic heterocycles. The van der Waals surface area contributed by atoms with Crippen LogP contribution in [0.25, 0.3) is 0 Å². The highest BCUT2D eigenvalue weighted by atomic mass is 16.4. The Hall–Kier alpha value is -0.0951. The van der Waals surface area contributed by atoms with E-state index in [9.17, 15) is 0 Å². The molecule has 4 nitrogen and oxygen atoms in total. The van der Waals surface area contributed by atoms with E-state index in [0.29, 0.717) is 6.32 Å². The molecule has 1 aliphatic carbocycles. The van der Waals surface area contributed by atoms with Gasteiger partial charge in [0.2, 0.25) is 0 Å². The van der Waals surface area contributed by atoms with Crippen LogP contribution in [0.15, 0.2) is 0 Å². The zero-order chi connectivity index (χ0) is 10.3. The van der Waals surface area contributed by atoms with Crippen LogP contribution < -0.4 is 5.73 Å². The lowest BCUT2D eigenvalue weighted by Crippen LogP contribution is -2.37. The minimum absolute atomic E-state index is 0.0590. The summed E-state index contributed by atoms with van der Waals surface area (Å²) in [5, 5.41) is 24.9. The number of aliphatic hydroxyl groups excluding tert-OH is 1. The average molecular weight is 189 g/mol. The molecule has 1 saturated carbocycles. The first kappa shape index (κ1) is 12.9. The van der Waals surface area contributed by atoms with E-state index in [1.165, 1.54) is 6.42 Å². The normalized spacial score (nSPS) is 27.5. The number of aliphatic hydroxyl groups is 1. The molecule has 5 N–H and O–H groups in total. The topological polar surface area (TPSA) is 86.7 Å². The molecule has 78 valence electrons. The molecule has 2 atom stereocenters. The summed E-state index contributed by atoms with van der Waals surface area (Å²) in [4.78, 5) is 0. The maximum absolute atomic E-state index is 9.05. The Morgan fingerprint density at radius 1 is 1.31 bits per heavy atom. The van der Waals surface area contributed by atoms with Crippen molar-refractivity contribution >= 4 is 7.12 Å². The van der Waals surface area contributed by atoms with Crippen molar-refractivity contribution in [2.45, 2.75) is 51.1 Å². The van der Waals surface area contributed by atoms with E-state index in [-0.39, 0.29) is 12.1 Å². The highest BCUT2D eigenvalue weighted by Gasteiger charge is 2.17. The monoisotopic (exact) mass is 189 g/mol. The van der Waals surface area contributed by atoms with E-state index < -0.39 is 7.12 Å². The van der Waals surface area contributed by atoms with Gasteiger partial charge in [0.15, 0.2) is 0 Å². The number of hydrogen-bond donors (Lipinski definition) is 4. The molecule has 0 amide bonds. The Bertz CT molecular complexity index is 114. The molecule has 0 spiro atoms. The van der Waals surface area contributed by atoms with E-state index in [1.54, 1.807) is 6.92 Å². The van der Waals surface area contributed by atoms with Crippen molar-refractivity contribution < 1.29 is 15.2 Å². The van der Waals surface area contributed by atoms with Crippen molar-refractivity contribution in [3.8, 4) is 0 Å². The van der Waals surface area contributed by atoms with Crippen LogP contribution in [-0.2, 0) is 0 Å². The van der Waals surface area contributed by atoms with Gasteiger partial charge in [0.25, 0.3) is 0 Å². The van der Waals surface area contributed by atoms with Crippen molar-refractivity contribution in [1.82, 2.24) is 0 Å². The molecular weight excluding hydrogens is 169 g/mol. The standard InChI is InChI=1S/C6H13NO.C2H7BO2/c7-5-3-1-2-4-6(5)8;1-2-3(4)5/h5-6,8H,1-4,7H2;4-5H,2H2,1H3/t5-,6-;/m0./s1. The second-order valence-electron chi connectivity index (χ2n) is 3.40. The van der Waals surface area contributed by atoms with Crippen LogP contribution in [0, 0.1) is 0 Å². The molecule has 0 aromatic carbocycles. The minimum atomic E-state index is -1.12. The summed E-state index contributed by atoms with van der Waals surface area (Å²) in [5.74, 6) is 0. The molecule has 1 fully saturated rings. The van der Waals surface area contributed by atoms with Crippen LogP contribution in [0.1, 0.15) is 32.6 Å². The molecule has 1 aliphatic rings. The number of rotatable bonds is 1. The van der Waals surface area contributed by atoms with Gasteiger partial charge in [0, 0.05) is 6.04 Å². The Kier molecular flexibility index (Phi) is 7.27. The maximum atomic E-state index is 9.05. The third kappa shape index (κ3) is 7.01. The van der Waals surface area contributed by atoms with Crippen molar-refractivity contribution in [3.05, 3.63) is 0 Å². The van der Waals surface area contributed by atoms with Gasteiger partial charge in [-0.15, -0.1) is 0 Å². The minimum Gasteiger partial charge on any atom is -0.427 e. The second-order valence-corrected chi connectivity index (χ2v) is 3.40. The molecule has 0 radical (unpaired) electrons. The van der Waals surface area contributed by atoms with Crippen molar-refractivity contribution in [2.24, 2.45) is 5.73 Å². The third-order valence-corrected chi connectivity index (χ3v) is 2.15. The second kappa shape index (κ2) is 7.32. The summed E-state index contributed by atoms with van der Waals surface area (Å²) in [5.41, 5.74) is 5.53. The Morgan fingerprint density at radius 2 is 1.77 bits per heavy atom. The highest BCUT2D eigenvalue weighted by molar-refractivity contribution is 6.40. The van der Waals surface area contributed by atoms with E-state index in [4.69, 9.17) is 20.9 Å². The maximum Gasteiger partial charge on any atom is 0.451 e. The third-order valence-electron chi connectivity index (χ3n) is 2.15. The largest absolute Gasteiger partial charge is 0.451 e. The van der Waals surface area contributed by atoms with Crippen LogP contribution in [0.5, 0.6) is 0 Å². The summed E-state index contributed by atoms with van der Waals surface area (Å²) in [6, 6.07) is 0.0590. The van der Waals surface area contributed by atoms with Crippen molar-refractivity contribution in [2.75, 3.05) is 0 Å². The lowest BCUT2D eigenvalue weighted by molar-refractivity contribution is 0.108. The summed E-state index contributed by atoms with van der Waals surface area (Å²) < 4.78 is 0. The smallest absolute Gasteiger partial charge is 0.427 e. The summed E-state index contributed by atoms with van der Waals surface area (Å²) in [6.07, 6.45) is 4.44. The average Bonchev–Trinajstić information content (AvgIpc) is 2.11. The Morgan fingerprint density at radius 3 is 2.00 bits per heavy atom. The first-order chi connectivity index (χ1) is 6.07. The van der Waals surface area contributed by atoms with Gasteiger partial charge in [0.05, 0.1) is 6.10 Å². The fourth-order valence-electron chi connectivity index (χ4n) is 1.14. The summed E-state index contributed by atoms with van der Waals surface area (Å²) in [7, 11) is -1.12. The zero-order valence-electron chi connectivity index (χ0n) is 8.19. The summed E-state index contributed by atoms with van der Waals surface area (Å²) in [6.45, 7) is 1.70. The van der Waals surface area contributed by atoms with E-state index in [0.717, 1.165) is 19.3 Å². The molecule has 0 aliphatic heterocycles. The molecule has 0 unspecified atom stereocenters. The molecule has 13 heavy (non-hydrogen) atoms. The van der Waals surface area contributed by atoms with Gasteiger partial charge in [0.1, 0.15) is 0 Å². The zero-order valence-corrected chi connectivity index (χ0v) is 8.19. The number of hydrogen-bond acceptors (Lipinski definition) is 4. The van der Waals surface area contributed by atoms with Gasteiger partial charge in [-0.2, -0.15) is 0 Å². The first-order valence-electron chi connectivity index (χ1n) is 4.87. The fourth-order valence-corrected chi connectivity index (χ4v) is 1.14. The van der Waals surface area contributed by atoms with Crippen molar-refractivity contribution in [3.63, 3.8) is 0 Å². The van der Waals surface area contributed by atoms with Gasteiger partial charge in [-0.25, -0.2) is 0 Å². The van der Waals surface area contributed by atoms with Gasteiger partial charge in [-0.05, 0) is 19.2 Å². The van der Waals surface area contributed by atoms with Gasteiger partial charge in [-0.3, -0.25) is 0 Å². The van der Waals surface area contributed by atoms with Crippen LogP contribution in [0.3, 0.4) is 0 Å². The van der Waals surface area contributed by atoms with E-state index in [2.05, 4.69) is 0 Å². The Labute approximate surface area is 79.9 Å². The highest BCUT2D eigenvalue weighted by Crippen LogP contribution is 2.15. The molecule has 5 heteroatoms. The lowest BCUT2D eigenvalue weighted by Gasteiger charge is -2.23. The molecule has 0 heterocycles. The van der Waals surface area contributed by atoms with E-state index >= 15 is 0 Å². The first-order valence-corrected chi connectivity index (χ1v) is 4.87. The van der Waals surface area contributed by atoms with Crippen LogP contribution in [-0.4, -0.2) is 34.4 Å². The van der Waals surface area contributed by atoms with Crippen LogP contribution in [0.2, 0.25) is 6.32 Å². The lowest BCUT2D eigenvalue weighted by atomic mass is 9.88. The van der Waals surface area contributed by atoms with Gasteiger partial charge in [-0.1, -0.05) is 19.8 Å². The van der Waals surface area contributed by atoms with Crippen molar-refractivity contribution in [1.29, 1.82) is 0 Å². The van der Waals surface area contributed by atoms with Gasteiger partial charge >= 0.3 is 7.12 Å². The van der Waals surface area contributed by atoms with Crippen LogP contribution >= 0.6 is 0 Å². The van der Waals surface area contributed by atoms with Gasteiger partial charge < -0.3 is 20.9 Å². The SMILES string of the molecule is CCB(O)O.N[C@H]1CCCC[C@@H]1O. The molecular formula is C8H20BNO3. The predicted molar refractivity (Wildman–Crippen MR) is 53.1 cm³/mol.